The van der Waals surface area contributed by atoms with Gasteiger partial charge in [0.05, 0.1) is 10.4 Å². The van der Waals surface area contributed by atoms with Crippen molar-refractivity contribution in [3.8, 4) is 0 Å². The average molecular weight is 315 g/mol. The van der Waals surface area contributed by atoms with E-state index in [2.05, 4.69) is 9.97 Å². The summed E-state index contributed by atoms with van der Waals surface area (Å²) in [6.45, 7) is 0.877. The number of rotatable bonds is 2. The van der Waals surface area contributed by atoms with Gasteiger partial charge in [0.1, 0.15) is 10.5 Å². The maximum absolute atomic E-state index is 12.7. The van der Waals surface area contributed by atoms with E-state index in [4.69, 9.17) is 17.3 Å². The van der Waals surface area contributed by atoms with Crippen LogP contribution in [0.3, 0.4) is 0 Å². The van der Waals surface area contributed by atoms with Crippen LogP contribution >= 0.6 is 11.6 Å². The van der Waals surface area contributed by atoms with E-state index in [0.29, 0.717) is 42.0 Å². The number of hydrogen-bond donors (Lipinski definition) is 2. The summed E-state index contributed by atoms with van der Waals surface area (Å²) in [4.78, 5) is 7.13. The lowest BCUT2D eigenvalue weighted by Gasteiger charge is -2.29. The number of H-pyrrole nitrogens is 1. The second-order valence-electron chi connectivity index (χ2n) is 4.91. The minimum absolute atomic E-state index is 0.0784. The largest absolute Gasteiger partial charge is 0.345 e. The van der Waals surface area contributed by atoms with Gasteiger partial charge in [0.25, 0.3) is 0 Å². The fraction of sp³-hybridized carbons (Fsp3) is 0.417. The first-order chi connectivity index (χ1) is 9.50. The molecule has 1 saturated heterocycles. The molecule has 0 bridgehead atoms. The zero-order chi connectivity index (χ0) is 14.3. The summed E-state index contributed by atoms with van der Waals surface area (Å²) in [5, 5.41) is 0.826. The molecule has 1 aliphatic heterocycles. The first-order valence-corrected chi connectivity index (χ1v) is 8.19. The molecule has 2 aromatic heterocycles. The van der Waals surface area contributed by atoms with Crippen LogP contribution in [0.2, 0.25) is 5.02 Å². The Labute approximate surface area is 122 Å². The number of piperidine rings is 1. The van der Waals surface area contributed by atoms with Crippen LogP contribution in [0, 0.1) is 0 Å². The van der Waals surface area contributed by atoms with Crippen molar-refractivity contribution in [2.45, 2.75) is 23.8 Å². The normalized spacial score (nSPS) is 18.7. The molecule has 8 heteroatoms. The van der Waals surface area contributed by atoms with Crippen LogP contribution in [0.25, 0.3) is 11.0 Å². The molecule has 0 unspecified atom stereocenters. The Balaban J connectivity index is 2.06. The molecule has 108 valence electrons. The first-order valence-electron chi connectivity index (χ1n) is 6.37. The van der Waals surface area contributed by atoms with Crippen molar-refractivity contribution in [1.29, 1.82) is 0 Å². The molecule has 0 spiro atoms. The standard InChI is InChI=1S/C12H15ClN4O2S/c13-9-1-4-15-12-11(9)10(7-16-12)20(18,19)17-5-2-8(14)3-6-17/h1,4,7-8H,2-3,5-6,14H2,(H,15,16). The van der Waals surface area contributed by atoms with Crippen molar-refractivity contribution >= 4 is 32.7 Å². The van der Waals surface area contributed by atoms with Crippen molar-refractivity contribution in [3.63, 3.8) is 0 Å². The molecule has 3 N–H and O–H groups in total. The highest BCUT2D eigenvalue weighted by Crippen LogP contribution is 2.31. The number of nitrogens with zero attached hydrogens (tertiary/aromatic N) is 2. The van der Waals surface area contributed by atoms with Gasteiger partial charge in [0.15, 0.2) is 0 Å². The number of aromatic nitrogens is 2. The molecule has 1 fully saturated rings. The third-order valence-electron chi connectivity index (χ3n) is 3.60. The van der Waals surface area contributed by atoms with Crippen molar-refractivity contribution in [1.82, 2.24) is 14.3 Å². The number of nitrogens with one attached hydrogen (secondary N) is 1. The SMILES string of the molecule is NC1CCN(S(=O)(=O)c2c[nH]c3nccc(Cl)c23)CC1. The van der Waals surface area contributed by atoms with Crippen molar-refractivity contribution in [3.05, 3.63) is 23.5 Å². The Morgan fingerprint density at radius 3 is 2.80 bits per heavy atom. The van der Waals surface area contributed by atoms with E-state index in [9.17, 15) is 8.42 Å². The molecule has 2 aromatic rings. The van der Waals surface area contributed by atoms with Gasteiger partial charge < -0.3 is 10.7 Å². The Hall–Kier alpha value is -1.15. The molecule has 0 aliphatic carbocycles. The summed E-state index contributed by atoms with van der Waals surface area (Å²) >= 11 is 6.11. The third kappa shape index (κ3) is 2.20. The number of halogens is 1. The van der Waals surface area contributed by atoms with Crippen LogP contribution in [0.15, 0.2) is 23.4 Å². The number of nitrogens with two attached hydrogens (primary N) is 1. The Kier molecular flexibility index (Phi) is 3.45. The second-order valence-corrected chi connectivity index (χ2v) is 7.22. The zero-order valence-corrected chi connectivity index (χ0v) is 12.3. The summed E-state index contributed by atoms with van der Waals surface area (Å²) in [7, 11) is -3.57. The Bertz CT molecular complexity index is 735. The minimum atomic E-state index is -3.57. The van der Waals surface area contributed by atoms with Gasteiger partial charge in [-0.25, -0.2) is 13.4 Å². The average Bonchev–Trinajstić information content (AvgIpc) is 2.85. The van der Waals surface area contributed by atoms with E-state index >= 15 is 0 Å². The van der Waals surface area contributed by atoms with Gasteiger partial charge >= 0.3 is 0 Å². The van der Waals surface area contributed by atoms with Gasteiger partial charge in [-0.1, -0.05) is 11.6 Å². The predicted molar refractivity (Wildman–Crippen MR) is 77.1 cm³/mol. The molecular formula is C12H15ClN4O2S. The predicted octanol–water partition coefficient (Wildman–Crippen LogP) is 1.33. The van der Waals surface area contributed by atoms with E-state index in [-0.39, 0.29) is 10.9 Å². The molecule has 0 aromatic carbocycles. The van der Waals surface area contributed by atoms with Gasteiger partial charge in [-0.3, -0.25) is 0 Å². The van der Waals surface area contributed by atoms with E-state index in [1.54, 1.807) is 6.07 Å². The van der Waals surface area contributed by atoms with Crippen molar-refractivity contribution in [2.24, 2.45) is 5.73 Å². The number of aromatic amines is 1. The van der Waals surface area contributed by atoms with E-state index < -0.39 is 10.0 Å². The highest BCUT2D eigenvalue weighted by molar-refractivity contribution is 7.89. The minimum Gasteiger partial charge on any atom is -0.345 e. The highest BCUT2D eigenvalue weighted by Gasteiger charge is 2.31. The van der Waals surface area contributed by atoms with Gasteiger partial charge in [-0.2, -0.15) is 4.31 Å². The lowest BCUT2D eigenvalue weighted by molar-refractivity contribution is 0.320. The van der Waals surface area contributed by atoms with Gasteiger partial charge in [0, 0.05) is 31.5 Å². The van der Waals surface area contributed by atoms with Crippen molar-refractivity contribution in [2.75, 3.05) is 13.1 Å². The second kappa shape index (κ2) is 5.00. The molecule has 0 atom stereocenters. The number of fused-ring (bicyclic) bond motifs is 1. The van der Waals surface area contributed by atoms with Gasteiger partial charge in [-0.05, 0) is 18.9 Å². The Morgan fingerprint density at radius 1 is 1.40 bits per heavy atom. The van der Waals surface area contributed by atoms with Crippen molar-refractivity contribution < 1.29 is 8.42 Å². The summed E-state index contributed by atoms with van der Waals surface area (Å²) in [5.74, 6) is 0. The summed E-state index contributed by atoms with van der Waals surface area (Å²) in [5.41, 5.74) is 6.29. The topological polar surface area (TPSA) is 92.1 Å². The lowest BCUT2D eigenvalue weighted by Crippen LogP contribution is -2.42. The first kappa shape index (κ1) is 13.8. The maximum Gasteiger partial charge on any atom is 0.245 e. The maximum atomic E-state index is 12.7. The van der Waals surface area contributed by atoms with Gasteiger partial charge in [0.2, 0.25) is 10.0 Å². The third-order valence-corrected chi connectivity index (χ3v) is 5.84. The molecule has 20 heavy (non-hydrogen) atoms. The highest BCUT2D eigenvalue weighted by atomic mass is 35.5. The zero-order valence-electron chi connectivity index (χ0n) is 10.7. The fourth-order valence-electron chi connectivity index (χ4n) is 2.45. The van der Waals surface area contributed by atoms with Crippen LogP contribution in [0.5, 0.6) is 0 Å². The van der Waals surface area contributed by atoms with Crippen LogP contribution in [-0.2, 0) is 10.0 Å². The van der Waals surface area contributed by atoms with E-state index in [0.717, 1.165) is 0 Å². The molecule has 0 radical (unpaired) electrons. The fourth-order valence-corrected chi connectivity index (χ4v) is 4.39. The lowest BCUT2D eigenvalue weighted by atomic mass is 10.1. The van der Waals surface area contributed by atoms with E-state index in [1.807, 2.05) is 0 Å². The monoisotopic (exact) mass is 314 g/mol. The van der Waals surface area contributed by atoms with Crippen LogP contribution in [-0.4, -0.2) is 41.8 Å². The molecular weight excluding hydrogens is 300 g/mol. The summed E-state index contributed by atoms with van der Waals surface area (Å²) < 4.78 is 26.9. The van der Waals surface area contributed by atoms with Crippen LogP contribution < -0.4 is 5.73 Å². The Morgan fingerprint density at radius 2 is 2.10 bits per heavy atom. The molecule has 0 amide bonds. The van der Waals surface area contributed by atoms with Crippen LogP contribution in [0.4, 0.5) is 0 Å². The molecule has 3 rings (SSSR count). The van der Waals surface area contributed by atoms with Gasteiger partial charge in [-0.15, -0.1) is 0 Å². The quantitative estimate of drug-likeness (QED) is 0.874. The van der Waals surface area contributed by atoms with Crippen LogP contribution in [0.1, 0.15) is 12.8 Å². The molecule has 3 heterocycles. The number of pyridine rings is 1. The number of sulfonamides is 1. The molecule has 1 aliphatic rings. The number of hydrogen-bond acceptors (Lipinski definition) is 4. The summed E-state index contributed by atoms with van der Waals surface area (Å²) in [6, 6.07) is 1.66. The molecule has 6 nitrogen and oxygen atoms in total. The molecule has 0 saturated carbocycles. The smallest absolute Gasteiger partial charge is 0.245 e. The van der Waals surface area contributed by atoms with E-state index in [1.165, 1.54) is 16.7 Å². The summed E-state index contributed by atoms with van der Waals surface area (Å²) in [6.07, 6.45) is 4.34.